The lowest BCUT2D eigenvalue weighted by atomic mass is 10.0. The first kappa shape index (κ1) is 17.8. The van der Waals surface area contributed by atoms with Crippen LogP contribution in [0.1, 0.15) is 24.5 Å². The second kappa shape index (κ2) is 7.91. The molecule has 6 heteroatoms. The van der Waals surface area contributed by atoms with E-state index < -0.39 is 6.10 Å². The van der Waals surface area contributed by atoms with Crippen molar-refractivity contribution in [2.75, 3.05) is 19.5 Å². The SMILES string of the molecule is CCc1ccc(NC(=O)C2CC(c3cc(OC)ccc3OC)=NO2)cc1. The molecule has 1 amide bonds. The maximum absolute atomic E-state index is 12.5. The van der Waals surface area contributed by atoms with Gasteiger partial charge in [0.25, 0.3) is 5.91 Å². The highest BCUT2D eigenvalue weighted by Crippen LogP contribution is 2.29. The average molecular weight is 354 g/mol. The first-order valence-corrected chi connectivity index (χ1v) is 8.49. The van der Waals surface area contributed by atoms with Gasteiger partial charge in [-0.2, -0.15) is 0 Å². The fourth-order valence-corrected chi connectivity index (χ4v) is 2.76. The van der Waals surface area contributed by atoms with Gasteiger partial charge in [-0.25, -0.2) is 0 Å². The molecule has 1 N–H and O–H groups in total. The van der Waals surface area contributed by atoms with Crippen molar-refractivity contribution >= 4 is 17.3 Å². The van der Waals surface area contributed by atoms with Crippen LogP contribution in [0, 0.1) is 0 Å². The maximum atomic E-state index is 12.5. The second-order valence-electron chi connectivity index (χ2n) is 5.94. The summed E-state index contributed by atoms with van der Waals surface area (Å²) in [6.07, 6.45) is 0.647. The lowest BCUT2D eigenvalue weighted by Gasteiger charge is -2.11. The van der Waals surface area contributed by atoms with Crippen molar-refractivity contribution in [3.8, 4) is 11.5 Å². The molecule has 2 aromatic rings. The van der Waals surface area contributed by atoms with E-state index in [-0.39, 0.29) is 5.91 Å². The summed E-state index contributed by atoms with van der Waals surface area (Å²) in [5.41, 5.74) is 3.37. The highest BCUT2D eigenvalue weighted by atomic mass is 16.6. The van der Waals surface area contributed by atoms with E-state index in [2.05, 4.69) is 17.4 Å². The summed E-state index contributed by atoms with van der Waals surface area (Å²) < 4.78 is 10.6. The Morgan fingerprint density at radius 1 is 1.19 bits per heavy atom. The van der Waals surface area contributed by atoms with E-state index in [0.29, 0.717) is 23.6 Å². The van der Waals surface area contributed by atoms with Gasteiger partial charge in [0.2, 0.25) is 6.10 Å². The number of methoxy groups -OCH3 is 2. The van der Waals surface area contributed by atoms with Gasteiger partial charge >= 0.3 is 0 Å². The molecule has 0 radical (unpaired) electrons. The molecular formula is C20H22N2O4. The molecule has 26 heavy (non-hydrogen) atoms. The minimum Gasteiger partial charge on any atom is -0.497 e. The molecule has 136 valence electrons. The van der Waals surface area contributed by atoms with Crippen LogP contribution in [0.15, 0.2) is 47.6 Å². The van der Waals surface area contributed by atoms with Crippen LogP contribution in [0.5, 0.6) is 11.5 Å². The zero-order valence-electron chi connectivity index (χ0n) is 15.1. The smallest absolute Gasteiger partial charge is 0.268 e. The summed E-state index contributed by atoms with van der Waals surface area (Å²) in [7, 11) is 3.18. The number of hydrogen-bond acceptors (Lipinski definition) is 5. The molecule has 0 aliphatic carbocycles. The highest BCUT2D eigenvalue weighted by molar-refractivity contribution is 6.07. The molecule has 0 saturated heterocycles. The third kappa shape index (κ3) is 3.79. The van der Waals surface area contributed by atoms with Crippen molar-refractivity contribution in [3.05, 3.63) is 53.6 Å². The molecular weight excluding hydrogens is 332 g/mol. The van der Waals surface area contributed by atoms with E-state index in [4.69, 9.17) is 14.3 Å². The molecule has 0 aromatic heterocycles. The molecule has 3 rings (SSSR count). The molecule has 0 bridgehead atoms. The number of aryl methyl sites for hydroxylation is 1. The molecule has 1 atom stereocenters. The molecule has 1 unspecified atom stereocenters. The zero-order chi connectivity index (χ0) is 18.5. The van der Waals surface area contributed by atoms with Crippen LogP contribution in [0.25, 0.3) is 0 Å². The number of rotatable bonds is 6. The second-order valence-corrected chi connectivity index (χ2v) is 5.94. The van der Waals surface area contributed by atoms with Gasteiger partial charge in [-0.1, -0.05) is 24.2 Å². The first-order valence-electron chi connectivity index (χ1n) is 8.49. The van der Waals surface area contributed by atoms with Gasteiger partial charge in [0.1, 0.15) is 11.5 Å². The fourth-order valence-electron chi connectivity index (χ4n) is 2.76. The Balaban J connectivity index is 1.68. The normalized spacial score (nSPS) is 15.8. The molecule has 1 aliphatic heterocycles. The van der Waals surface area contributed by atoms with Crippen LogP contribution in [0.4, 0.5) is 5.69 Å². The van der Waals surface area contributed by atoms with Crippen molar-refractivity contribution in [3.63, 3.8) is 0 Å². The van der Waals surface area contributed by atoms with E-state index >= 15 is 0 Å². The summed E-state index contributed by atoms with van der Waals surface area (Å²) >= 11 is 0. The first-order chi connectivity index (χ1) is 12.6. The predicted octanol–water partition coefficient (Wildman–Crippen LogP) is 3.40. The average Bonchev–Trinajstić information content (AvgIpc) is 3.18. The quantitative estimate of drug-likeness (QED) is 0.863. The van der Waals surface area contributed by atoms with Crippen molar-refractivity contribution in [1.82, 2.24) is 0 Å². The molecule has 0 fully saturated rings. The number of oxime groups is 1. The van der Waals surface area contributed by atoms with Gasteiger partial charge in [0, 0.05) is 17.7 Å². The standard InChI is InChI=1S/C20H22N2O4/c1-4-13-5-7-14(8-6-13)21-20(23)19-12-17(22-26-19)16-11-15(24-2)9-10-18(16)25-3/h5-11,19H,4,12H2,1-3H3,(H,21,23). The lowest BCUT2D eigenvalue weighted by Crippen LogP contribution is -2.28. The van der Waals surface area contributed by atoms with E-state index in [1.807, 2.05) is 36.4 Å². The third-order valence-corrected chi connectivity index (χ3v) is 4.31. The molecule has 1 heterocycles. The van der Waals surface area contributed by atoms with Gasteiger partial charge < -0.3 is 19.6 Å². The van der Waals surface area contributed by atoms with Crippen molar-refractivity contribution in [1.29, 1.82) is 0 Å². The predicted molar refractivity (Wildman–Crippen MR) is 100 cm³/mol. The highest BCUT2D eigenvalue weighted by Gasteiger charge is 2.30. The number of nitrogens with zero attached hydrogens (tertiary/aromatic N) is 1. The fraction of sp³-hybridized carbons (Fsp3) is 0.300. The lowest BCUT2D eigenvalue weighted by molar-refractivity contribution is -0.125. The van der Waals surface area contributed by atoms with E-state index in [1.54, 1.807) is 20.3 Å². The Morgan fingerprint density at radius 3 is 2.62 bits per heavy atom. The number of carbonyl (C=O) groups is 1. The summed E-state index contributed by atoms with van der Waals surface area (Å²) in [6.45, 7) is 2.09. The summed E-state index contributed by atoms with van der Waals surface area (Å²) in [5.74, 6) is 1.12. The van der Waals surface area contributed by atoms with Gasteiger partial charge in [-0.15, -0.1) is 0 Å². The largest absolute Gasteiger partial charge is 0.497 e. The minimum absolute atomic E-state index is 0.227. The Morgan fingerprint density at radius 2 is 1.96 bits per heavy atom. The molecule has 0 saturated carbocycles. The monoisotopic (exact) mass is 354 g/mol. The molecule has 6 nitrogen and oxygen atoms in total. The summed E-state index contributed by atoms with van der Waals surface area (Å²) in [5, 5.41) is 6.95. The maximum Gasteiger partial charge on any atom is 0.268 e. The van der Waals surface area contributed by atoms with Crippen molar-refractivity contribution in [2.45, 2.75) is 25.9 Å². The number of carbonyl (C=O) groups excluding carboxylic acids is 1. The van der Waals surface area contributed by atoms with Crippen LogP contribution in [0.3, 0.4) is 0 Å². The van der Waals surface area contributed by atoms with Crippen LogP contribution >= 0.6 is 0 Å². The number of ether oxygens (including phenoxy) is 2. The topological polar surface area (TPSA) is 69.2 Å². The van der Waals surface area contributed by atoms with Gasteiger partial charge in [0.05, 0.1) is 19.9 Å². The van der Waals surface area contributed by atoms with Gasteiger partial charge in [-0.05, 0) is 42.3 Å². The molecule has 2 aromatic carbocycles. The number of benzene rings is 2. The van der Waals surface area contributed by atoms with E-state index in [0.717, 1.165) is 17.7 Å². The third-order valence-electron chi connectivity index (χ3n) is 4.31. The summed E-state index contributed by atoms with van der Waals surface area (Å²) in [4.78, 5) is 17.8. The number of hydrogen-bond donors (Lipinski definition) is 1. The van der Waals surface area contributed by atoms with E-state index in [9.17, 15) is 4.79 Å². The Kier molecular flexibility index (Phi) is 5.41. The van der Waals surface area contributed by atoms with Crippen molar-refractivity contribution in [2.24, 2.45) is 5.16 Å². The number of amides is 1. The Bertz CT molecular complexity index is 815. The molecule has 0 spiro atoms. The summed E-state index contributed by atoms with van der Waals surface area (Å²) in [6, 6.07) is 13.2. The van der Waals surface area contributed by atoms with Crippen LogP contribution in [0.2, 0.25) is 0 Å². The van der Waals surface area contributed by atoms with Crippen LogP contribution in [-0.2, 0) is 16.1 Å². The number of nitrogens with one attached hydrogen (secondary N) is 1. The van der Waals surface area contributed by atoms with Crippen LogP contribution < -0.4 is 14.8 Å². The van der Waals surface area contributed by atoms with Crippen LogP contribution in [-0.4, -0.2) is 31.9 Å². The number of anilines is 1. The van der Waals surface area contributed by atoms with Gasteiger partial charge in [-0.3, -0.25) is 4.79 Å². The Labute approximate surface area is 152 Å². The van der Waals surface area contributed by atoms with E-state index in [1.165, 1.54) is 5.56 Å². The van der Waals surface area contributed by atoms with Crippen molar-refractivity contribution < 1.29 is 19.1 Å². The van der Waals surface area contributed by atoms with Gasteiger partial charge in [0.15, 0.2) is 0 Å². The Hall–Kier alpha value is -3.02. The zero-order valence-corrected chi connectivity index (χ0v) is 15.1. The minimum atomic E-state index is -0.674. The molecule has 1 aliphatic rings.